The van der Waals surface area contributed by atoms with Crippen LogP contribution in [0, 0.1) is 6.92 Å². The minimum atomic E-state index is -0.0247. The number of carbonyl (C=O) groups is 1. The second kappa shape index (κ2) is 5.71. The van der Waals surface area contributed by atoms with Crippen molar-refractivity contribution in [2.24, 2.45) is 0 Å². The Kier molecular flexibility index (Phi) is 4.02. The molecule has 0 bridgehead atoms. The highest BCUT2D eigenvalue weighted by Gasteiger charge is 2.18. The minimum Gasteiger partial charge on any atom is -0.338 e. The molecule has 0 radical (unpaired) electrons. The molecule has 3 heteroatoms. The van der Waals surface area contributed by atoms with E-state index in [1.165, 1.54) is 17.5 Å². The maximum absolute atomic E-state index is 11.5. The van der Waals surface area contributed by atoms with Crippen LogP contribution in [0.3, 0.4) is 0 Å². The maximum atomic E-state index is 11.5. The first kappa shape index (κ1) is 12.0. The zero-order valence-electron chi connectivity index (χ0n) is 10.3. The third kappa shape index (κ3) is 3.48. The number of hydrogen-bond donors (Lipinski definition) is 2. The summed E-state index contributed by atoms with van der Waals surface area (Å²) >= 11 is 0. The van der Waals surface area contributed by atoms with E-state index in [2.05, 4.69) is 29.7 Å². The monoisotopic (exact) mass is 232 g/mol. The molecule has 0 unspecified atom stereocenters. The van der Waals surface area contributed by atoms with Crippen molar-refractivity contribution in [3.8, 4) is 0 Å². The van der Waals surface area contributed by atoms with Crippen molar-refractivity contribution in [3.05, 3.63) is 35.4 Å². The van der Waals surface area contributed by atoms with E-state index in [4.69, 9.17) is 0 Å². The molecule has 1 saturated carbocycles. The molecular formula is C14H20N2O. The fourth-order valence-corrected chi connectivity index (χ4v) is 1.99. The van der Waals surface area contributed by atoms with Crippen LogP contribution in [-0.2, 0) is 6.42 Å². The Labute approximate surface area is 103 Å². The van der Waals surface area contributed by atoms with Gasteiger partial charge < -0.3 is 10.6 Å². The summed E-state index contributed by atoms with van der Waals surface area (Å²) in [6.45, 7) is 2.80. The lowest BCUT2D eigenvalue weighted by atomic mass is 9.93. The first-order chi connectivity index (χ1) is 8.25. The van der Waals surface area contributed by atoms with Gasteiger partial charge in [-0.15, -0.1) is 0 Å². The third-order valence-electron chi connectivity index (χ3n) is 3.38. The van der Waals surface area contributed by atoms with Gasteiger partial charge in [-0.3, -0.25) is 0 Å². The zero-order valence-corrected chi connectivity index (χ0v) is 10.3. The standard InChI is InChI=1S/C14H20N2O/c1-11-5-2-3-6-12(11)9-10-15-14(17)16-13-7-4-8-13/h2-3,5-6,13H,4,7-10H2,1H3,(H2,15,16,17). The molecule has 1 aromatic rings. The van der Waals surface area contributed by atoms with Gasteiger partial charge in [0.05, 0.1) is 0 Å². The smallest absolute Gasteiger partial charge is 0.315 e. The summed E-state index contributed by atoms with van der Waals surface area (Å²) in [5, 5.41) is 5.87. The van der Waals surface area contributed by atoms with Crippen LogP contribution in [0.2, 0.25) is 0 Å². The van der Waals surface area contributed by atoms with E-state index in [-0.39, 0.29) is 6.03 Å². The molecule has 1 fully saturated rings. The average molecular weight is 232 g/mol. The van der Waals surface area contributed by atoms with Gasteiger partial charge in [0.2, 0.25) is 0 Å². The van der Waals surface area contributed by atoms with Crippen molar-refractivity contribution >= 4 is 6.03 Å². The Morgan fingerprint density at radius 2 is 2.12 bits per heavy atom. The highest BCUT2D eigenvalue weighted by molar-refractivity contribution is 5.74. The number of carbonyl (C=O) groups excluding carboxylic acids is 1. The summed E-state index contributed by atoms with van der Waals surface area (Å²) in [4.78, 5) is 11.5. The van der Waals surface area contributed by atoms with Gasteiger partial charge in [-0.2, -0.15) is 0 Å². The van der Waals surface area contributed by atoms with Crippen molar-refractivity contribution in [1.82, 2.24) is 10.6 Å². The van der Waals surface area contributed by atoms with Gasteiger partial charge in [0.25, 0.3) is 0 Å². The van der Waals surface area contributed by atoms with E-state index in [0.717, 1.165) is 19.3 Å². The van der Waals surface area contributed by atoms with Crippen molar-refractivity contribution in [1.29, 1.82) is 0 Å². The molecule has 3 nitrogen and oxygen atoms in total. The van der Waals surface area contributed by atoms with Crippen LogP contribution in [-0.4, -0.2) is 18.6 Å². The van der Waals surface area contributed by atoms with Gasteiger partial charge in [-0.1, -0.05) is 24.3 Å². The molecule has 1 aromatic carbocycles. The topological polar surface area (TPSA) is 41.1 Å². The highest BCUT2D eigenvalue weighted by Crippen LogP contribution is 2.17. The normalized spacial score (nSPS) is 15.1. The van der Waals surface area contributed by atoms with Crippen LogP contribution in [0.1, 0.15) is 30.4 Å². The minimum absolute atomic E-state index is 0.0247. The summed E-state index contributed by atoms with van der Waals surface area (Å²) < 4.78 is 0. The first-order valence-corrected chi connectivity index (χ1v) is 6.34. The molecule has 0 spiro atoms. The van der Waals surface area contributed by atoms with Crippen molar-refractivity contribution < 1.29 is 4.79 Å². The van der Waals surface area contributed by atoms with Crippen LogP contribution in [0.15, 0.2) is 24.3 Å². The largest absolute Gasteiger partial charge is 0.338 e. The lowest BCUT2D eigenvalue weighted by Crippen LogP contribution is -2.45. The lowest BCUT2D eigenvalue weighted by molar-refractivity contribution is 0.228. The van der Waals surface area contributed by atoms with Gasteiger partial charge >= 0.3 is 6.03 Å². The Morgan fingerprint density at radius 3 is 2.76 bits per heavy atom. The molecule has 1 aliphatic carbocycles. The van der Waals surface area contributed by atoms with E-state index in [1.54, 1.807) is 0 Å². The van der Waals surface area contributed by atoms with E-state index >= 15 is 0 Å². The number of benzene rings is 1. The summed E-state index contributed by atoms with van der Waals surface area (Å²) in [6, 6.07) is 8.67. The van der Waals surface area contributed by atoms with Crippen LogP contribution in [0.25, 0.3) is 0 Å². The lowest BCUT2D eigenvalue weighted by Gasteiger charge is -2.26. The Bertz CT molecular complexity index is 386. The SMILES string of the molecule is Cc1ccccc1CCNC(=O)NC1CCC1. The molecule has 1 aliphatic rings. The number of aryl methyl sites for hydroxylation is 1. The van der Waals surface area contributed by atoms with Crippen molar-refractivity contribution in [3.63, 3.8) is 0 Å². The highest BCUT2D eigenvalue weighted by atomic mass is 16.2. The Hall–Kier alpha value is -1.51. The predicted octanol–water partition coefficient (Wildman–Crippen LogP) is 2.39. The van der Waals surface area contributed by atoms with Crippen LogP contribution in [0.4, 0.5) is 4.79 Å². The summed E-state index contributed by atoms with van der Waals surface area (Å²) in [7, 11) is 0. The molecule has 0 heterocycles. The molecule has 92 valence electrons. The van der Waals surface area contributed by atoms with Gasteiger partial charge in [0.1, 0.15) is 0 Å². The summed E-state index contributed by atoms with van der Waals surface area (Å²) in [5.74, 6) is 0. The summed E-state index contributed by atoms with van der Waals surface area (Å²) in [5.41, 5.74) is 2.59. The van der Waals surface area contributed by atoms with E-state index in [9.17, 15) is 4.79 Å². The van der Waals surface area contributed by atoms with E-state index in [1.807, 2.05) is 12.1 Å². The molecule has 2 N–H and O–H groups in total. The Balaban J connectivity index is 1.68. The number of urea groups is 1. The van der Waals surface area contributed by atoms with Crippen molar-refractivity contribution in [2.75, 3.05) is 6.54 Å². The molecule has 17 heavy (non-hydrogen) atoms. The van der Waals surface area contributed by atoms with Gasteiger partial charge in [-0.25, -0.2) is 4.79 Å². The Morgan fingerprint density at radius 1 is 1.35 bits per heavy atom. The molecule has 0 aliphatic heterocycles. The number of hydrogen-bond acceptors (Lipinski definition) is 1. The number of nitrogens with one attached hydrogen (secondary N) is 2. The molecule has 0 saturated heterocycles. The predicted molar refractivity (Wildman–Crippen MR) is 69.1 cm³/mol. The fraction of sp³-hybridized carbons (Fsp3) is 0.500. The quantitative estimate of drug-likeness (QED) is 0.822. The zero-order chi connectivity index (χ0) is 12.1. The molecular weight excluding hydrogens is 212 g/mol. The van der Waals surface area contributed by atoms with Crippen LogP contribution >= 0.6 is 0 Å². The van der Waals surface area contributed by atoms with Gasteiger partial charge in [0, 0.05) is 12.6 Å². The second-order valence-electron chi connectivity index (χ2n) is 4.70. The van der Waals surface area contributed by atoms with Gasteiger partial charge in [-0.05, 0) is 43.7 Å². The molecule has 2 rings (SSSR count). The number of amides is 2. The maximum Gasteiger partial charge on any atom is 0.315 e. The molecule has 2 amide bonds. The molecule has 0 atom stereocenters. The molecule has 0 aromatic heterocycles. The van der Waals surface area contributed by atoms with E-state index in [0.29, 0.717) is 12.6 Å². The average Bonchev–Trinajstić information content (AvgIpc) is 2.26. The first-order valence-electron chi connectivity index (χ1n) is 6.34. The van der Waals surface area contributed by atoms with Crippen molar-refractivity contribution in [2.45, 2.75) is 38.6 Å². The third-order valence-corrected chi connectivity index (χ3v) is 3.38. The summed E-state index contributed by atoms with van der Waals surface area (Å²) in [6.07, 6.45) is 4.40. The fourth-order valence-electron chi connectivity index (χ4n) is 1.99. The van der Waals surface area contributed by atoms with Crippen LogP contribution < -0.4 is 10.6 Å². The van der Waals surface area contributed by atoms with E-state index < -0.39 is 0 Å². The second-order valence-corrected chi connectivity index (χ2v) is 4.70. The van der Waals surface area contributed by atoms with Gasteiger partial charge in [0.15, 0.2) is 0 Å². The number of rotatable bonds is 4. The van der Waals surface area contributed by atoms with Crippen LogP contribution in [0.5, 0.6) is 0 Å².